The highest BCUT2D eigenvalue weighted by Gasteiger charge is 2.16. The summed E-state index contributed by atoms with van der Waals surface area (Å²) in [7, 11) is 0. The van der Waals surface area contributed by atoms with Crippen molar-refractivity contribution in [1.82, 2.24) is 9.55 Å². The van der Waals surface area contributed by atoms with E-state index in [1.807, 2.05) is 24.4 Å². The van der Waals surface area contributed by atoms with Gasteiger partial charge >= 0.3 is 0 Å². The monoisotopic (exact) mass is 417 g/mol. The molecule has 0 spiro atoms. The van der Waals surface area contributed by atoms with E-state index >= 15 is 0 Å². The molecule has 0 unspecified atom stereocenters. The quantitative estimate of drug-likeness (QED) is 0.535. The third kappa shape index (κ3) is 3.46. The molecule has 0 aliphatic heterocycles. The number of rotatable bonds is 4. The highest BCUT2D eigenvalue weighted by molar-refractivity contribution is 7.19. The van der Waals surface area contributed by atoms with Gasteiger partial charge in [-0.25, -0.2) is 13.8 Å². The highest BCUT2D eigenvalue weighted by Crippen LogP contribution is 2.34. The Morgan fingerprint density at radius 1 is 1.21 bits per heavy atom. The number of anilines is 1. The average molecular weight is 417 g/mol. The minimum absolute atomic E-state index is 0.108. The molecule has 9 heteroatoms. The van der Waals surface area contributed by atoms with Gasteiger partial charge in [-0.3, -0.25) is 14.2 Å². The molecule has 3 aromatic heterocycles. The predicted octanol–water partition coefficient (Wildman–Crippen LogP) is 4.41. The van der Waals surface area contributed by atoms with Crippen LogP contribution in [0, 0.1) is 18.6 Å². The summed E-state index contributed by atoms with van der Waals surface area (Å²) in [5.41, 5.74) is 0.579. The van der Waals surface area contributed by atoms with Crippen molar-refractivity contribution in [3.63, 3.8) is 0 Å². The van der Waals surface area contributed by atoms with Gasteiger partial charge < -0.3 is 5.32 Å². The third-order valence-electron chi connectivity index (χ3n) is 4.08. The first-order valence-electron chi connectivity index (χ1n) is 8.21. The normalized spacial score (nSPS) is 11.1. The molecule has 0 fully saturated rings. The van der Waals surface area contributed by atoms with Crippen LogP contribution in [0.5, 0.6) is 0 Å². The number of nitrogens with one attached hydrogen (secondary N) is 1. The van der Waals surface area contributed by atoms with Gasteiger partial charge in [0.15, 0.2) is 11.6 Å². The van der Waals surface area contributed by atoms with Crippen molar-refractivity contribution >= 4 is 44.5 Å². The van der Waals surface area contributed by atoms with E-state index in [9.17, 15) is 18.4 Å². The van der Waals surface area contributed by atoms with Crippen LogP contribution in [-0.4, -0.2) is 15.5 Å². The minimum Gasteiger partial charge on any atom is -0.324 e. The molecule has 0 aliphatic rings. The van der Waals surface area contributed by atoms with Crippen molar-refractivity contribution < 1.29 is 13.6 Å². The molecule has 1 amide bonds. The van der Waals surface area contributed by atoms with Gasteiger partial charge in [0.05, 0.1) is 11.7 Å². The van der Waals surface area contributed by atoms with E-state index in [4.69, 9.17) is 0 Å². The molecule has 5 nitrogen and oxygen atoms in total. The third-order valence-corrected chi connectivity index (χ3v) is 6.00. The van der Waals surface area contributed by atoms with Crippen LogP contribution in [0.15, 0.2) is 46.8 Å². The maximum atomic E-state index is 13.3. The van der Waals surface area contributed by atoms with Crippen LogP contribution in [0.2, 0.25) is 0 Å². The van der Waals surface area contributed by atoms with Crippen molar-refractivity contribution in [1.29, 1.82) is 0 Å². The van der Waals surface area contributed by atoms with Gasteiger partial charge in [-0.1, -0.05) is 0 Å². The van der Waals surface area contributed by atoms with E-state index in [2.05, 4.69) is 10.3 Å². The summed E-state index contributed by atoms with van der Waals surface area (Å²) in [6.07, 6.45) is 1.31. The summed E-state index contributed by atoms with van der Waals surface area (Å²) in [5, 5.41) is 4.80. The van der Waals surface area contributed by atoms with Gasteiger partial charge in [-0.05, 0) is 31.2 Å². The second kappa shape index (κ2) is 7.25. The molecule has 0 saturated heterocycles. The zero-order chi connectivity index (χ0) is 19.8. The molecule has 1 N–H and O–H groups in total. The molecule has 28 heavy (non-hydrogen) atoms. The first-order valence-corrected chi connectivity index (χ1v) is 9.90. The van der Waals surface area contributed by atoms with E-state index in [1.165, 1.54) is 28.3 Å². The number of nitrogens with zero attached hydrogens (tertiary/aromatic N) is 2. The summed E-state index contributed by atoms with van der Waals surface area (Å²) in [4.78, 5) is 32.1. The molecule has 0 saturated carbocycles. The Morgan fingerprint density at radius 3 is 2.75 bits per heavy atom. The first-order chi connectivity index (χ1) is 13.4. The van der Waals surface area contributed by atoms with Gasteiger partial charge in [-0.15, -0.1) is 22.7 Å². The predicted molar refractivity (Wildman–Crippen MR) is 107 cm³/mol. The number of hydrogen-bond acceptors (Lipinski definition) is 5. The molecule has 0 radical (unpaired) electrons. The van der Waals surface area contributed by atoms with Crippen LogP contribution in [0.3, 0.4) is 0 Å². The van der Waals surface area contributed by atoms with Crippen LogP contribution < -0.4 is 10.9 Å². The van der Waals surface area contributed by atoms with Crippen molar-refractivity contribution in [3.05, 3.63) is 68.9 Å². The van der Waals surface area contributed by atoms with Gasteiger partial charge in [0, 0.05) is 32.5 Å². The Balaban J connectivity index is 1.63. The molecule has 0 aliphatic carbocycles. The van der Waals surface area contributed by atoms with E-state index < -0.39 is 17.5 Å². The number of amides is 1. The number of carbonyl (C=O) groups excluding carboxylic acids is 1. The number of halogens is 2. The van der Waals surface area contributed by atoms with Crippen molar-refractivity contribution in [2.24, 2.45) is 0 Å². The lowest BCUT2D eigenvalue weighted by Crippen LogP contribution is -2.27. The summed E-state index contributed by atoms with van der Waals surface area (Å²) >= 11 is 2.95. The van der Waals surface area contributed by atoms with Crippen LogP contribution in [0.4, 0.5) is 14.5 Å². The van der Waals surface area contributed by atoms with Crippen molar-refractivity contribution in [2.75, 3.05) is 5.32 Å². The van der Waals surface area contributed by atoms with Gasteiger partial charge in [0.1, 0.15) is 11.4 Å². The Hall–Kier alpha value is -2.91. The maximum Gasteiger partial charge on any atom is 0.263 e. The van der Waals surface area contributed by atoms with Crippen molar-refractivity contribution in [3.8, 4) is 10.4 Å². The summed E-state index contributed by atoms with van der Waals surface area (Å²) in [5.74, 6) is -2.61. The lowest BCUT2D eigenvalue weighted by atomic mass is 10.2. The fourth-order valence-electron chi connectivity index (χ4n) is 2.77. The standard InChI is InChI=1S/C19H13F2N3O2S2/c1-10-2-5-15(28-10)12-8-27-18-17(12)19(26)24(9-22-18)7-16(25)23-11-3-4-13(20)14(21)6-11/h2-6,8-9H,7H2,1H3,(H,23,25). The van der Waals surface area contributed by atoms with E-state index in [-0.39, 0.29) is 17.8 Å². The minimum atomic E-state index is -1.06. The molecule has 142 valence electrons. The number of aryl methyl sites for hydroxylation is 1. The molecular weight excluding hydrogens is 404 g/mol. The Kier molecular flexibility index (Phi) is 4.78. The molecule has 0 atom stereocenters. The summed E-state index contributed by atoms with van der Waals surface area (Å²) in [6, 6.07) is 6.98. The number of thiophene rings is 2. The lowest BCUT2D eigenvalue weighted by molar-refractivity contribution is -0.116. The van der Waals surface area contributed by atoms with Gasteiger partial charge in [0.25, 0.3) is 5.56 Å². The van der Waals surface area contributed by atoms with Crippen LogP contribution in [-0.2, 0) is 11.3 Å². The zero-order valence-electron chi connectivity index (χ0n) is 14.5. The number of fused-ring (bicyclic) bond motifs is 1. The number of carbonyl (C=O) groups is 1. The molecule has 1 aromatic carbocycles. The Labute approximate surface area is 165 Å². The second-order valence-electron chi connectivity index (χ2n) is 6.09. The Morgan fingerprint density at radius 2 is 2.04 bits per heavy atom. The first kappa shape index (κ1) is 18.5. The SMILES string of the molecule is Cc1ccc(-c2csc3ncn(CC(=O)Nc4ccc(F)c(F)c4)c(=O)c23)s1. The molecule has 3 heterocycles. The topological polar surface area (TPSA) is 64.0 Å². The molecule has 4 rings (SSSR count). The zero-order valence-corrected chi connectivity index (χ0v) is 16.2. The number of benzene rings is 1. The van der Waals surface area contributed by atoms with Gasteiger partial charge in [0.2, 0.25) is 5.91 Å². The summed E-state index contributed by atoms with van der Waals surface area (Å²) in [6.45, 7) is 1.70. The van der Waals surface area contributed by atoms with E-state index in [0.717, 1.165) is 27.5 Å². The van der Waals surface area contributed by atoms with Crippen LogP contribution in [0.1, 0.15) is 4.88 Å². The smallest absolute Gasteiger partial charge is 0.263 e. The van der Waals surface area contributed by atoms with E-state index in [1.54, 1.807) is 11.3 Å². The maximum absolute atomic E-state index is 13.3. The second-order valence-corrected chi connectivity index (χ2v) is 8.24. The molecule has 0 bridgehead atoms. The van der Waals surface area contributed by atoms with Crippen molar-refractivity contribution in [2.45, 2.75) is 13.5 Å². The van der Waals surface area contributed by atoms with E-state index in [0.29, 0.717) is 10.2 Å². The number of aromatic nitrogens is 2. The Bertz CT molecular complexity index is 1260. The fourth-order valence-corrected chi connectivity index (χ4v) is 4.63. The van der Waals surface area contributed by atoms with Crippen LogP contribution >= 0.6 is 22.7 Å². The lowest BCUT2D eigenvalue weighted by Gasteiger charge is -2.08. The van der Waals surface area contributed by atoms with Crippen LogP contribution in [0.25, 0.3) is 20.7 Å². The largest absolute Gasteiger partial charge is 0.324 e. The molecule has 4 aromatic rings. The summed E-state index contributed by atoms with van der Waals surface area (Å²) < 4.78 is 27.5. The average Bonchev–Trinajstić information content (AvgIpc) is 3.27. The highest BCUT2D eigenvalue weighted by atomic mass is 32.1. The fraction of sp³-hybridized carbons (Fsp3) is 0.105. The number of hydrogen-bond donors (Lipinski definition) is 1. The molecular formula is C19H13F2N3O2S2. The van der Waals surface area contributed by atoms with Gasteiger partial charge in [-0.2, -0.15) is 0 Å².